The number of aryl methyl sites for hydroxylation is 1. The van der Waals surface area contributed by atoms with Gasteiger partial charge in [-0.2, -0.15) is 0 Å². The SMILES string of the molecule is COc1ccccc1-c1cc(C)ncc1C(=O)Nc1nnc(O[C@H](CO[Si](C)(C)C(C)(C)C)c2ccc(Cl)cn2)s1. The van der Waals surface area contributed by atoms with Crippen molar-refractivity contribution in [1.29, 1.82) is 0 Å². The van der Waals surface area contributed by atoms with Gasteiger partial charge in [0.25, 0.3) is 11.1 Å². The molecule has 0 aliphatic carbocycles. The predicted molar refractivity (Wildman–Crippen MR) is 165 cm³/mol. The van der Waals surface area contributed by atoms with Crippen molar-refractivity contribution in [2.75, 3.05) is 19.0 Å². The monoisotopic (exact) mass is 611 g/mol. The first-order chi connectivity index (χ1) is 19.4. The second kappa shape index (κ2) is 12.6. The average molecular weight is 612 g/mol. The van der Waals surface area contributed by atoms with Crippen molar-refractivity contribution < 1.29 is 18.7 Å². The van der Waals surface area contributed by atoms with E-state index in [0.29, 0.717) is 27.6 Å². The van der Waals surface area contributed by atoms with Crippen molar-refractivity contribution in [3.8, 4) is 22.1 Å². The number of rotatable bonds is 10. The molecule has 41 heavy (non-hydrogen) atoms. The summed E-state index contributed by atoms with van der Waals surface area (Å²) in [5, 5.41) is 12.2. The summed E-state index contributed by atoms with van der Waals surface area (Å²) >= 11 is 7.18. The lowest BCUT2D eigenvalue weighted by atomic mass is 9.99. The van der Waals surface area contributed by atoms with Crippen molar-refractivity contribution in [2.45, 2.75) is 51.9 Å². The van der Waals surface area contributed by atoms with Gasteiger partial charge in [0.15, 0.2) is 14.4 Å². The van der Waals surface area contributed by atoms with Crippen molar-refractivity contribution in [3.63, 3.8) is 0 Å². The Morgan fingerprint density at radius 1 is 1.07 bits per heavy atom. The molecule has 4 aromatic rings. The van der Waals surface area contributed by atoms with E-state index in [9.17, 15) is 4.79 Å². The van der Waals surface area contributed by atoms with Crippen LogP contribution in [0.2, 0.25) is 23.2 Å². The first-order valence-corrected chi connectivity index (χ1v) is 17.1. The maximum absolute atomic E-state index is 13.4. The lowest BCUT2D eigenvalue weighted by Crippen LogP contribution is -2.42. The number of nitrogens with zero attached hydrogens (tertiary/aromatic N) is 4. The van der Waals surface area contributed by atoms with Gasteiger partial charge in [0.2, 0.25) is 5.13 Å². The van der Waals surface area contributed by atoms with E-state index in [-0.39, 0.29) is 27.9 Å². The second-order valence-corrected chi connectivity index (χ2v) is 17.2. The minimum absolute atomic E-state index is 0.0264. The summed E-state index contributed by atoms with van der Waals surface area (Å²) in [6.07, 6.45) is 2.57. The summed E-state index contributed by atoms with van der Waals surface area (Å²) in [4.78, 5) is 22.2. The maximum Gasteiger partial charge on any atom is 0.296 e. The molecule has 0 bridgehead atoms. The number of benzene rings is 1. The number of methoxy groups -OCH3 is 1. The van der Waals surface area contributed by atoms with Gasteiger partial charge < -0.3 is 13.9 Å². The third-order valence-electron chi connectivity index (χ3n) is 7.03. The molecule has 3 heterocycles. The van der Waals surface area contributed by atoms with Crippen LogP contribution >= 0.6 is 22.9 Å². The van der Waals surface area contributed by atoms with Crippen molar-refractivity contribution in [1.82, 2.24) is 20.2 Å². The number of amides is 1. The zero-order valence-corrected chi connectivity index (χ0v) is 26.8. The normalized spacial score (nSPS) is 12.6. The number of hydrogen-bond donors (Lipinski definition) is 1. The van der Waals surface area contributed by atoms with Gasteiger partial charge >= 0.3 is 0 Å². The smallest absolute Gasteiger partial charge is 0.296 e. The highest BCUT2D eigenvalue weighted by Gasteiger charge is 2.38. The molecule has 9 nitrogen and oxygen atoms in total. The Labute approximate surface area is 250 Å². The Balaban J connectivity index is 1.54. The number of aromatic nitrogens is 4. The van der Waals surface area contributed by atoms with Crippen molar-refractivity contribution in [2.24, 2.45) is 0 Å². The van der Waals surface area contributed by atoms with Crippen molar-refractivity contribution in [3.05, 3.63) is 76.8 Å². The highest BCUT2D eigenvalue weighted by atomic mass is 35.5. The summed E-state index contributed by atoms with van der Waals surface area (Å²) < 4.78 is 18.2. The molecule has 0 aliphatic heterocycles. The van der Waals surface area contributed by atoms with Crippen LogP contribution in [0.25, 0.3) is 11.1 Å². The third-order valence-corrected chi connectivity index (χ3v) is 12.5. The first-order valence-electron chi connectivity index (χ1n) is 13.0. The number of carbonyl (C=O) groups is 1. The minimum Gasteiger partial charge on any atom is -0.496 e. The van der Waals surface area contributed by atoms with Gasteiger partial charge in [0.05, 0.1) is 30.0 Å². The summed E-state index contributed by atoms with van der Waals surface area (Å²) in [6, 6.07) is 12.9. The molecule has 4 rings (SSSR count). The van der Waals surface area contributed by atoms with Crippen LogP contribution in [0.5, 0.6) is 10.9 Å². The van der Waals surface area contributed by atoms with Crippen LogP contribution in [0.1, 0.15) is 48.6 Å². The summed E-state index contributed by atoms with van der Waals surface area (Å²) in [7, 11) is -0.469. The fourth-order valence-corrected chi connectivity index (χ4v) is 5.43. The fourth-order valence-electron chi connectivity index (χ4n) is 3.68. The van der Waals surface area contributed by atoms with Crippen molar-refractivity contribution >= 4 is 42.3 Å². The molecule has 1 N–H and O–H groups in total. The van der Waals surface area contributed by atoms with Gasteiger partial charge in [0, 0.05) is 29.2 Å². The zero-order valence-electron chi connectivity index (χ0n) is 24.2. The van der Waals surface area contributed by atoms with E-state index >= 15 is 0 Å². The number of carbonyl (C=O) groups excluding carboxylic acids is 1. The predicted octanol–water partition coefficient (Wildman–Crippen LogP) is 7.36. The van der Waals surface area contributed by atoms with Gasteiger partial charge in [-0.1, -0.05) is 55.7 Å². The quantitative estimate of drug-likeness (QED) is 0.185. The van der Waals surface area contributed by atoms with E-state index in [4.69, 9.17) is 25.5 Å². The number of nitrogens with one attached hydrogen (secondary N) is 1. The van der Waals surface area contributed by atoms with E-state index in [1.807, 2.05) is 37.3 Å². The highest BCUT2D eigenvalue weighted by molar-refractivity contribution is 7.17. The Kier molecular flexibility index (Phi) is 9.43. The Morgan fingerprint density at radius 2 is 1.83 bits per heavy atom. The number of halogens is 1. The summed E-state index contributed by atoms with van der Waals surface area (Å²) in [5.74, 6) is 0.277. The number of pyridine rings is 2. The van der Waals surface area contributed by atoms with Crippen LogP contribution < -0.4 is 14.8 Å². The molecule has 0 spiro atoms. The lowest BCUT2D eigenvalue weighted by Gasteiger charge is -2.37. The third kappa shape index (κ3) is 7.47. The van der Waals surface area contributed by atoms with Crippen LogP contribution in [0.4, 0.5) is 5.13 Å². The zero-order chi connectivity index (χ0) is 29.8. The molecular weight excluding hydrogens is 578 g/mol. The van der Waals surface area contributed by atoms with Gasteiger partial charge in [-0.25, -0.2) is 0 Å². The standard InChI is InChI=1S/C29H34ClN5O4SSi/c1-18-14-21(20-10-8-9-11-24(20)37-5)22(16-31-18)26(36)33-27-34-35-28(40-27)39-25(23-13-12-19(30)15-32-23)17-38-41(6,7)29(2,3)4/h8-16,25H,17H2,1-7H3,(H,33,34,36)/t25-/m1/s1. The van der Waals surface area contributed by atoms with Crippen LogP contribution in [0, 0.1) is 6.92 Å². The van der Waals surface area contributed by atoms with E-state index in [1.54, 1.807) is 31.6 Å². The maximum atomic E-state index is 13.4. The van der Waals surface area contributed by atoms with E-state index in [1.165, 1.54) is 0 Å². The van der Waals surface area contributed by atoms with Crippen LogP contribution in [0.3, 0.4) is 0 Å². The van der Waals surface area contributed by atoms with E-state index in [2.05, 4.69) is 59.3 Å². The van der Waals surface area contributed by atoms with E-state index < -0.39 is 14.4 Å². The number of anilines is 1. The largest absolute Gasteiger partial charge is 0.496 e. The number of ether oxygens (including phenoxy) is 2. The number of para-hydroxylation sites is 1. The Morgan fingerprint density at radius 3 is 2.51 bits per heavy atom. The molecule has 12 heteroatoms. The van der Waals surface area contributed by atoms with E-state index in [0.717, 1.165) is 22.6 Å². The van der Waals surface area contributed by atoms with Gasteiger partial charge in [0.1, 0.15) is 5.75 Å². The van der Waals surface area contributed by atoms with Crippen LogP contribution in [-0.2, 0) is 4.43 Å². The topological polar surface area (TPSA) is 108 Å². The molecule has 0 saturated heterocycles. The number of hydrogen-bond acceptors (Lipinski definition) is 9. The highest BCUT2D eigenvalue weighted by Crippen LogP contribution is 2.38. The molecule has 216 valence electrons. The molecule has 0 saturated carbocycles. The Bertz CT molecular complexity index is 1510. The van der Waals surface area contributed by atoms with Crippen LogP contribution in [-0.4, -0.2) is 48.1 Å². The lowest BCUT2D eigenvalue weighted by molar-refractivity contribution is 0.102. The van der Waals surface area contributed by atoms with Gasteiger partial charge in [-0.15, -0.1) is 5.10 Å². The molecule has 1 aromatic carbocycles. The van der Waals surface area contributed by atoms with Gasteiger partial charge in [-0.3, -0.25) is 20.1 Å². The molecule has 0 fully saturated rings. The molecular formula is C29H34ClN5O4SSi. The molecule has 0 radical (unpaired) electrons. The fraction of sp³-hybridized carbons (Fsp3) is 0.345. The van der Waals surface area contributed by atoms with Crippen LogP contribution in [0.15, 0.2) is 54.9 Å². The molecule has 0 unspecified atom stereocenters. The summed E-state index contributed by atoms with van der Waals surface area (Å²) in [6.45, 7) is 13.0. The molecule has 1 amide bonds. The molecule has 1 atom stereocenters. The minimum atomic E-state index is -2.07. The molecule has 0 aliphatic rings. The first kappa shape index (κ1) is 30.6. The van der Waals surface area contributed by atoms with Gasteiger partial charge in [-0.05, 0) is 60.7 Å². The second-order valence-electron chi connectivity index (χ2n) is 11.0. The average Bonchev–Trinajstić information content (AvgIpc) is 3.37. The molecule has 3 aromatic heterocycles. The Hall–Kier alpha value is -3.38. The summed E-state index contributed by atoms with van der Waals surface area (Å²) in [5.41, 5.74) is 3.29.